The third kappa shape index (κ3) is 2.56. The van der Waals surface area contributed by atoms with Gasteiger partial charge in [-0.15, -0.1) is 0 Å². The van der Waals surface area contributed by atoms with Crippen molar-refractivity contribution in [1.82, 2.24) is 5.32 Å². The van der Waals surface area contributed by atoms with Crippen LogP contribution >= 0.6 is 0 Å². The summed E-state index contributed by atoms with van der Waals surface area (Å²) >= 11 is 0. The maximum absolute atomic E-state index is 11.5. The fourth-order valence-corrected chi connectivity index (χ4v) is 2.19. The Morgan fingerprint density at radius 1 is 1.40 bits per heavy atom. The highest BCUT2D eigenvalue weighted by molar-refractivity contribution is 5.95. The second-order valence-electron chi connectivity index (χ2n) is 4.58. The molecule has 1 fully saturated rings. The largest absolute Gasteiger partial charge is 0.389 e. The molecular weight excluding hydrogens is 266 g/mol. The third-order valence-electron chi connectivity index (χ3n) is 3.26. The van der Waals surface area contributed by atoms with Crippen LogP contribution in [0.2, 0.25) is 0 Å². The highest BCUT2D eigenvalue weighted by atomic mass is 16.6. The molecular formula is C12H15N3O5. The van der Waals surface area contributed by atoms with Crippen LogP contribution in [0.1, 0.15) is 10.4 Å². The van der Waals surface area contributed by atoms with Gasteiger partial charge in [-0.3, -0.25) is 14.9 Å². The fraction of sp³-hybridized carbons (Fsp3) is 0.417. The van der Waals surface area contributed by atoms with Crippen LogP contribution in [0, 0.1) is 10.1 Å². The van der Waals surface area contributed by atoms with E-state index in [0.717, 1.165) is 0 Å². The van der Waals surface area contributed by atoms with E-state index in [4.69, 9.17) is 0 Å². The number of nitrogens with one attached hydrogen (secondary N) is 1. The van der Waals surface area contributed by atoms with Crippen molar-refractivity contribution < 1.29 is 19.9 Å². The zero-order valence-electron chi connectivity index (χ0n) is 10.8. The third-order valence-corrected chi connectivity index (χ3v) is 3.26. The number of benzene rings is 1. The molecule has 0 radical (unpaired) electrons. The van der Waals surface area contributed by atoms with Gasteiger partial charge in [-0.25, -0.2) is 0 Å². The van der Waals surface area contributed by atoms with E-state index in [0.29, 0.717) is 0 Å². The van der Waals surface area contributed by atoms with Crippen LogP contribution < -0.4 is 10.2 Å². The number of aliphatic hydroxyl groups excluding tert-OH is 2. The molecule has 0 bridgehead atoms. The number of carbonyl (C=O) groups is 1. The van der Waals surface area contributed by atoms with Gasteiger partial charge in [0.2, 0.25) is 0 Å². The minimum Gasteiger partial charge on any atom is -0.389 e. The molecule has 2 unspecified atom stereocenters. The Kier molecular flexibility index (Phi) is 3.86. The molecule has 0 spiro atoms. The molecule has 20 heavy (non-hydrogen) atoms. The van der Waals surface area contributed by atoms with Crippen molar-refractivity contribution in [2.45, 2.75) is 12.2 Å². The van der Waals surface area contributed by atoms with E-state index in [9.17, 15) is 25.1 Å². The van der Waals surface area contributed by atoms with Crippen molar-refractivity contribution in [2.75, 3.05) is 25.0 Å². The molecule has 1 aliphatic rings. The van der Waals surface area contributed by atoms with Crippen LogP contribution in [0.4, 0.5) is 11.4 Å². The molecule has 1 aliphatic heterocycles. The van der Waals surface area contributed by atoms with Crippen molar-refractivity contribution >= 4 is 17.3 Å². The van der Waals surface area contributed by atoms with Crippen molar-refractivity contribution in [3.05, 3.63) is 33.9 Å². The molecule has 0 aromatic heterocycles. The number of anilines is 1. The first-order valence-corrected chi connectivity index (χ1v) is 6.05. The van der Waals surface area contributed by atoms with E-state index in [-0.39, 0.29) is 30.0 Å². The molecule has 108 valence electrons. The Bertz CT molecular complexity index is 538. The summed E-state index contributed by atoms with van der Waals surface area (Å²) in [6, 6.07) is 4.11. The first-order chi connectivity index (χ1) is 9.43. The Balaban J connectivity index is 2.38. The van der Waals surface area contributed by atoms with Crippen molar-refractivity contribution in [3.8, 4) is 0 Å². The van der Waals surface area contributed by atoms with Gasteiger partial charge in [-0.2, -0.15) is 0 Å². The number of nitro groups is 1. The van der Waals surface area contributed by atoms with Crippen molar-refractivity contribution in [3.63, 3.8) is 0 Å². The smallest absolute Gasteiger partial charge is 0.293 e. The zero-order chi connectivity index (χ0) is 14.9. The standard InChI is InChI=1S/C12H15N3O5/c1-13-12(18)7-2-3-8(9(4-7)15(19)20)14-5-10(16)11(17)6-14/h2-4,10-11,16-17H,5-6H2,1H3,(H,13,18). The number of β-amino-alcohol motifs (C(OH)–C–C–N with tert-alkyl or cyclic N) is 2. The molecule has 1 aromatic carbocycles. The lowest BCUT2D eigenvalue weighted by atomic mass is 10.1. The molecule has 1 amide bonds. The van der Waals surface area contributed by atoms with E-state index >= 15 is 0 Å². The van der Waals surface area contributed by atoms with Gasteiger partial charge in [-0.1, -0.05) is 0 Å². The van der Waals surface area contributed by atoms with Gasteiger partial charge in [-0.05, 0) is 12.1 Å². The second kappa shape index (κ2) is 5.43. The fourth-order valence-electron chi connectivity index (χ4n) is 2.19. The molecule has 1 heterocycles. The van der Waals surface area contributed by atoms with Gasteiger partial charge in [0.1, 0.15) is 5.69 Å². The number of nitrogens with zero attached hydrogens (tertiary/aromatic N) is 2. The van der Waals surface area contributed by atoms with Gasteiger partial charge < -0.3 is 20.4 Å². The minimum absolute atomic E-state index is 0.112. The quantitative estimate of drug-likeness (QED) is 0.508. The summed E-state index contributed by atoms with van der Waals surface area (Å²) < 4.78 is 0. The highest BCUT2D eigenvalue weighted by Crippen LogP contribution is 2.31. The van der Waals surface area contributed by atoms with Crippen molar-refractivity contribution in [2.24, 2.45) is 0 Å². The van der Waals surface area contributed by atoms with E-state index < -0.39 is 23.0 Å². The topological polar surface area (TPSA) is 116 Å². The van der Waals surface area contributed by atoms with Gasteiger partial charge in [0, 0.05) is 31.8 Å². The highest BCUT2D eigenvalue weighted by Gasteiger charge is 2.33. The Labute approximate surface area is 114 Å². The number of hydrogen-bond acceptors (Lipinski definition) is 6. The van der Waals surface area contributed by atoms with E-state index in [1.54, 1.807) is 0 Å². The van der Waals surface area contributed by atoms with Crippen LogP contribution in [0.5, 0.6) is 0 Å². The average molecular weight is 281 g/mol. The number of aliphatic hydroxyl groups is 2. The number of hydrogen-bond donors (Lipinski definition) is 3. The van der Waals surface area contributed by atoms with Crippen LogP contribution in [0.25, 0.3) is 0 Å². The second-order valence-corrected chi connectivity index (χ2v) is 4.58. The van der Waals surface area contributed by atoms with Crippen LogP contribution in [0.3, 0.4) is 0 Å². The Morgan fingerprint density at radius 2 is 2.00 bits per heavy atom. The summed E-state index contributed by atoms with van der Waals surface area (Å²) in [5.74, 6) is -0.416. The number of rotatable bonds is 3. The first kappa shape index (κ1) is 14.2. The molecule has 1 saturated heterocycles. The van der Waals surface area contributed by atoms with Crippen LogP contribution in [-0.4, -0.2) is 53.4 Å². The summed E-state index contributed by atoms with van der Waals surface area (Å²) in [5, 5.41) is 32.6. The first-order valence-electron chi connectivity index (χ1n) is 6.05. The van der Waals surface area contributed by atoms with Crippen molar-refractivity contribution in [1.29, 1.82) is 0 Å². The molecule has 0 saturated carbocycles. The van der Waals surface area contributed by atoms with Gasteiger partial charge in [0.05, 0.1) is 17.1 Å². The minimum atomic E-state index is -0.937. The Hall–Kier alpha value is -2.19. The van der Waals surface area contributed by atoms with Crippen LogP contribution in [0.15, 0.2) is 18.2 Å². The monoisotopic (exact) mass is 281 g/mol. The Morgan fingerprint density at radius 3 is 2.50 bits per heavy atom. The average Bonchev–Trinajstić information content (AvgIpc) is 2.77. The predicted molar refractivity (Wildman–Crippen MR) is 70.7 cm³/mol. The normalized spacial score (nSPS) is 21.9. The molecule has 2 atom stereocenters. The number of carbonyl (C=O) groups excluding carboxylic acids is 1. The van der Waals surface area contributed by atoms with Crippen LogP contribution in [-0.2, 0) is 0 Å². The molecule has 8 nitrogen and oxygen atoms in total. The molecule has 0 aliphatic carbocycles. The maximum Gasteiger partial charge on any atom is 0.293 e. The molecule has 3 N–H and O–H groups in total. The molecule has 8 heteroatoms. The van der Waals surface area contributed by atoms with E-state index in [2.05, 4.69) is 5.32 Å². The summed E-state index contributed by atoms with van der Waals surface area (Å²) in [7, 11) is 1.44. The molecule has 1 aromatic rings. The lowest BCUT2D eigenvalue weighted by Crippen LogP contribution is -2.23. The zero-order valence-corrected chi connectivity index (χ0v) is 10.8. The summed E-state index contributed by atoms with van der Waals surface area (Å²) in [6.45, 7) is 0.225. The maximum atomic E-state index is 11.5. The van der Waals surface area contributed by atoms with Gasteiger partial charge in [0.15, 0.2) is 0 Å². The van der Waals surface area contributed by atoms with E-state index in [1.807, 2.05) is 0 Å². The summed E-state index contributed by atoms with van der Waals surface area (Å²) in [4.78, 5) is 23.6. The van der Waals surface area contributed by atoms with E-state index in [1.165, 1.54) is 30.1 Å². The summed E-state index contributed by atoms with van der Waals surface area (Å²) in [5.41, 5.74) is 0.230. The van der Waals surface area contributed by atoms with Gasteiger partial charge in [0.25, 0.3) is 11.6 Å². The molecule has 2 rings (SSSR count). The number of nitro benzene ring substituents is 1. The van der Waals surface area contributed by atoms with Gasteiger partial charge >= 0.3 is 0 Å². The lowest BCUT2D eigenvalue weighted by Gasteiger charge is -2.17. The predicted octanol–water partition coefficient (Wildman–Crippen LogP) is -0.504. The SMILES string of the molecule is CNC(=O)c1ccc(N2CC(O)C(O)C2)c([N+](=O)[O-])c1. The lowest BCUT2D eigenvalue weighted by molar-refractivity contribution is -0.384. The number of amides is 1. The summed E-state index contributed by atoms with van der Waals surface area (Å²) in [6.07, 6.45) is -1.87.